The van der Waals surface area contributed by atoms with Gasteiger partial charge in [-0.3, -0.25) is 9.59 Å². The van der Waals surface area contributed by atoms with Crippen molar-refractivity contribution in [2.24, 2.45) is 5.41 Å². The zero-order chi connectivity index (χ0) is 21.4. The molecule has 0 aliphatic carbocycles. The zero-order valence-corrected chi connectivity index (χ0v) is 17.1. The molecule has 4 heterocycles. The second-order valence-electron chi connectivity index (χ2n) is 9.36. The maximum atomic E-state index is 13.8. The monoisotopic (exact) mass is 404 g/mol. The molecule has 0 N–H and O–H groups in total. The number of Topliss-reactive ketones (excluding diaryl/α,β-unsaturated/α-hetero) is 1. The van der Waals surface area contributed by atoms with E-state index in [4.69, 9.17) is 0 Å². The molecule has 152 valence electrons. The SMILES string of the molecule is CC(C)(C)C(=O)C1CN2CC3C(=O)N(c4cnc(C#N)c5ccccc45)C(=O)[N+]31C2. The van der Waals surface area contributed by atoms with Crippen LogP contribution >= 0.6 is 0 Å². The van der Waals surface area contributed by atoms with Crippen LogP contribution in [0.1, 0.15) is 26.5 Å². The summed E-state index contributed by atoms with van der Waals surface area (Å²) in [5.41, 5.74) is 0.0174. The van der Waals surface area contributed by atoms with Crippen LogP contribution in [-0.4, -0.2) is 63.9 Å². The fraction of sp³-hybridized carbons (Fsp3) is 0.409. The summed E-state index contributed by atoms with van der Waals surface area (Å²) < 4.78 is -0.150. The second-order valence-corrected chi connectivity index (χ2v) is 9.36. The molecule has 30 heavy (non-hydrogen) atoms. The molecule has 1 spiro atoms. The molecular formula is C22H22N5O3+. The number of fused-ring (bicyclic) bond motifs is 2. The number of benzene rings is 1. The number of carbonyl (C=O) groups excluding carboxylic acids is 3. The summed E-state index contributed by atoms with van der Waals surface area (Å²) in [6.07, 6.45) is 1.42. The number of pyridine rings is 1. The summed E-state index contributed by atoms with van der Waals surface area (Å²) in [4.78, 5) is 47.9. The second kappa shape index (κ2) is 5.94. The molecule has 3 aliphatic rings. The first kappa shape index (κ1) is 18.9. The minimum atomic E-state index is -0.604. The number of amides is 3. The Kier molecular flexibility index (Phi) is 3.73. The van der Waals surface area contributed by atoms with Gasteiger partial charge in [0, 0.05) is 16.2 Å². The number of imide groups is 1. The molecule has 2 aromatic rings. The predicted molar refractivity (Wildman–Crippen MR) is 108 cm³/mol. The Morgan fingerprint density at radius 3 is 2.57 bits per heavy atom. The van der Waals surface area contributed by atoms with Gasteiger partial charge in [0.2, 0.25) is 0 Å². The Hall–Kier alpha value is -3.15. The molecule has 4 atom stereocenters. The highest BCUT2D eigenvalue weighted by Crippen LogP contribution is 2.46. The van der Waals surface area contributed by atoms with E-state index in [1.807, 2.05) is 25.7 Å². The highest BCUT2D eigenvalue weighted by Gasteiger charge is 2.74. The molecule has 3 saturated heterocycles. The van der Waals surface area contributed by atoms with Crippen molar-refractivity contribution in [3.8, 4) is 6.07 Å². The lowest BCUT2D eigenvalue weighted by molar-refractivity contribution is -0.853. The topological polar surface area (TPSA) is 94.4 Å². The minimum Gasteiger partial charge on any atom is -0.292 e. The smallest absolute Gasteiger partial charge is 0.292 e. The summed E-state index contributed by atoms with van der Waals surface area (Å²) in [5, 5.41) is 10.6. The highest BCUT2D eigenvalue weighted by molar-refractivity contribution is 6.22. The Balaban J connectivity index is 1.66. The lowest BCUT2D eigenvalue weighted by Gasteiger charge is -2.35. The number of urea groups is 1. The number of anilines is 1. The van der Waals surface area contributed by atoms with E-state index in [1.165, 1.54) is 11.1 Å². The quantitative estimate of drug-likeness (QED) is 0.562. The van der Waals surface area contributed by atoms with Crippen LogP contribution in [0.2, 0.25) is 0 Å². The van der Waals surface area contributed by atoms with Crippen LogP contribution in [-0.2, 0) is 9.59 Å². The van der Waals surface area contributed by atoms with Crippen LogP contribution in [0.4, 0.5) is 10.5 Å². The van der Waals surface area contributed by atoms with Gasteiger partial charge in [0.25, 0.3) is 5.91 Å². The number of quaternary nitrogens is 1. The summed E-state index contributed by atoms with van der Waals surface area (Å²) in [6.45, 7) is 6.89. The molecule has 3 aliphatic heterocycles. The average Bonchev–Trinajstić information content (AvgIpc) is 3.35. The molecule has 8 nitrogen and oxygen atoms in total. The number of piperazine rings is 1. The van der Waals surface area contributed by atoms with Gasteiger partial charge in [-0.05, 0) is 0 Å². The number of carbonyl (C=O) groups is 3. The average molecular weight is 404 g/mol. The number of aromatic nitrogens is 1. The fourth-order valence-corrected chi connectivity index (χ4v) is 5.21. The number of hydrogen-bond acceptors (Lipinski definition) is 6. The van der Waals surface area contributed by atoms with E-state index in [0.29, 0.717) is 36.2 Å². The van der Waals surface area contributed by atoms with Crippen molar-refractivity contribution in [2.45, 2.75) is 32.9 Å². The maximum absolute atomic E-state index is 13.8. The first-order valence-corrected chi connectivity index (χ1v) is 10.0. The van der Waals surface area contributed by atoms with Gasteiger partial charge in [0.05, 0.1) is 25.0 Å². The van der Waals surface area contributed by atoms with Crippen molar-refractivity contribution < 1.29 is 18.9 Å². The van der Waals surface area contributed by atoms with Gasteiger partial charge in [0.15, 0.2) is 17.9 Å². The van der Waals surface area contributed by atoms with Crippen LogP contribution in [0.3, 0.4) is 0 Å². The molecule has 5 rings (SSSR count). The highest BCUT2D eigenvalue weighted by atomic mass is 16.2. The van der Waals surface area contributed by atoms with E-state index in [-0.39, 0.29) is 27.9 Å². The molecule has 0 radical (unpaired) electrons. The Morgan fingerprint density at radius 2 is 1.90 bits per heavy atom. The maximum Gasteiger partial charge on any atom is 0.433 e. The van der Waals surface area contributed by atoms with Crippen molar-refractivity contribution in [3.05, 3.63) is 36.2 Å². The van der Waals surface area contributed by atoms with E-state index >= 15 is 0 Å². The molecule has 8 heteroatoms. The first-order valence-electron chi connectivity index (χ1n) is 10.0. The van der Waals surface area contributed by atoms with E-state index in [9.17, 15) is 19.6 Å². The predicted octanol–water partition coefficient (Wildman–Crippen LogP) is 2.03. The van der Waals surface area contributed by atoms with Crippen LogP contribution in [0.5, 0.6) is 0 Å². The third kappa shape index (κ3) is 2.22. The van der Waals surface area contributed by atoms with E-state index in [1.54, 1.807) is 24.3 Å². The molecule has 1 aromatic carbocycles. The normalized spacial score (nSPS) is 30.1. The van der Waals surface area contributed by atoms with Gasteiger partial charge in [-0.15, -0.1) is 0 Å². The first-order chi connectivity index (χ1) is 14.2. The number of rotatable bonds is 2. The Bertz CT molecular complexity index is 1180. The van der Waals surface area contributed by atoms with Gasteiger partial charge >= 0.3 is 6.03 Å². The Morgan fingerprint density at radius 1 is 1.20 bits per heavy atom. The summed E-state index contributed by atoms with van der Waals surface area (Å²) >= 11 is 0. The number of ketones is 1. The third-order valence-electron chi connectivity index (χ3n) is 6.62. The third-order valence-corrected chi connectivity index (χ3v) is 6.62. The van der Waals surface area contributed by atoms with Crippen molar-refractivity contribution in [1.82, 2.24) is 9.88 Å². The largest absolute Gasteiger partial charge is 0.433 e. The zero-order valence-electron chi connectivity index (χ0n) is 17.1. The van der Waals surface area contributed by atoms with Crippen LogP contribution in [0.15, 0.2) is 30.5 Å². The Labute approximate surface area is 173 Å². The van der Waals surface area contributed by atoms with E-state index in [2.05, 4.69) is 11.1 Å². The minimum absolute atomic E-state index is 0.000474. The number of nitrogens with zero attached hydrogens (tertiary/aromatic N) is 5. The van der Waals surface area contributed by atoms with Gasteiger partial charge in [0.1, 0.15) is 18.4 Å². The lowest BCUT2D eigenvalue weighted by atomic mass is 9.84. The van der Waals surface area contributed by atoms with Gasteiger partial charge in [-0.25, -0.2) is 19.2 Å². The number of hydrogen-bond donors (Lipinski definition) is 0. The van der Waals surface area contributed by atoms with Crippen LogP contribution < -0.4 is 4.90 Å². The van der Waals surface area contributed by atoms with Crippen LogP contribution in [0.25, 0.3) is 10.8 Å². The van der Waals surface area contributed by atoms with Gasteiger partial charge in [-0.2, -0.15) is 10.2 Å². The summed E-state index contributed by atoms with van der Waals surface area (Å²) in [7, 11) is 0. The van der Waals surface area contributed by atoms with E-state index in [0.717, 1.165) is 0 Å². The number of nitriles is 1. The van der Waals surface area contributed by atoms with Gasteiger partial charge < -0.3 is 0 Å². The molecule has 3 fully saturated rings. The summed E-state index contributed by atoms with van der Waals surface area (Å²) in [6, 6.07) is 7.68. The fourth-order valence-electron chi connectivity index (χ4n) is 5.21. The summed E-state index contributed by atoms with van der Waals surface area (Å²) in [5.74, 6) is -0.300. The molecule has 3 amide bonds. The van der Waals surface area contributed by atoms with Crippen molar-refractivity contribution in [1.29, 1.82) is 5.26 Å². The van der Waals surface area contributed by atoms with Crippen molar-refractivity contribution in [3.63, 3.8) is 0 Å². The van der Waals surface area contributed by atoms with Crippen molar-refractivity contribution in [2.75, 3.05) is 24.7 Å². The van der Waals surface area contributed by atoms with Crippen LogP contribution in [0, 0.1) is 16.7 Å². The molecule has 2 bridgehead atoms. The van der Waals surface area contributed by atoms with E-state index < -0.39 is 17.5 Å². The molecule has 0 saturated carbocycles. The molecule has 1 aromatic heterocycles. The lowest BCUT2D eigenvalue weighted by Crippen LogP contribution is -2.64. The van der Waals surface area contributed by atoms with Gasteiger partial charge in [-0.1, -0.05) is 45.0 Å². The molecular weight excluding hydrogens is 382 g/mol. The molecule has 4 unspecified atom stereocenters. The standard InChI is InChI=1S/C22H22N5O3/c1-22(2,3)19(28)17-10-25-11-18-20(29)26(21(30)27(17,18)12-25)16-9-24-15(8-23)13-6-4-5-7-14(13)16/h4-7,9,17-18H,10-12H2,1-3H3/q+1. The van der Waals surface area contributed by atoms with Crippen molar-refractivity contribution >= 4 is 34.2 Å².